The van der Waals surface area contributed by atoms with Crippen LogP contribution < -0.4 is 4.90 Å². The molecule has 0 bridgehead atoms. The smallest absolute Gasteiger partial charge is 0.416 e. The van der Waals surface area contributed by atoms with Gasteiger partial charge >= 0.3 is 12.4 Å². The lowest BCUT2D eigenvalue weighted by Gasteiger charge is -2.33. The Morgan fingerprint density at radius 3 is 2.20 bits per heavy atom. The summed E-state index contributed by atoms with van der Waals surface area (Å²) in [5, 5.41) is 10.2. The molecule has 11 heteroatoms. The number of amides is 2. The first-order valence-corrected chi connectivity index (χ1v) is 14.6. The maximum Gasteiger partial charge on any atom is 0.416 e. The molecule has 2 amide bonds. The summed E-state index contributed by atoms with van der Waals surface area (Å²) in [6.45, 7) is 6.02. The molecular formula is C33H33F6NO4. The number of hydrogen-bond acceptors (Lipinski definition) is 4. The van der Waals surface area contributed by atoms with Gasteiger partial charge in [-0.3, -0.25) is 9.59 Å². The van der Waals surface area contributed by atoms with Crippen molar-refractivity contribution in [3.05, 3.63) is 75.9 Å². The van der Waals surface area contributed by atoms with E-state index in [1.807, 2.05) is 39.0 Å². The van der Waals surface area contributed by atoms with E-state index in [-0.39, 0.29) is 36.9 Å². The topological polar surface area (TPSA) is 66.8 Å². The van der Waals surface area contributed by atoms with Crippen LogP contribution in [0.3, 0.4) is 0 Å². The van der Waals surface area contributed by atoms with Gasteiger partial charge < -0.3 is 9.84 Å². The Labute approximate surface area is 251 Å². The third-order valence-electron chi connectivity index (χ3n) is 8.95. The Bertz CT molecular complexity index is 1490. The van der Waals surface area contributed by atoms with E-state index in [0.29, 0.717) is 35.4 Å². The molecular weight excluding hydrogens is 588 g/mol. The van der Waals surface area contributed by atoms with Gasteiger partial charge in [-0.2, -0.15) is 26.3 Å². The zero-order valence-electron chi connectivity index (χ0n) is 24.4. The number of rotatable bonds is 7. The molecule has 3 aliphatic rings. The monoisotopic (exact) mass is 621 g/mol. The number of ether oxygens (including phenoxy) is 1. The highest BCUT2D eigenvalue weighted by atomic mass is 19.4. The number of halogens is 6. The van der Waals surface area contributed by atoms with Crippen molar-refractivity contribution in [2.45, 2.75) is 64.9 Å². The van der Waals surface area contributed by atoms with Gasteiger partial charge in [-0.05, 0) is 61.4 Å². The number of nitrogens with zero attached hydrogens (tertiary/aromatic N) is 1. The van der Waals surface area contributed by atoms with Crippen LogP contribution in [0, 0.1) is 23.7 Å². The number of imide groups is 1. The first-order valence-electron chi connectivity index (χ1n) is 14.6. The predicted molar refractivity (Wildman–Crippen MR) is 151 cm³/mol. The fraction of sp³-hybridized carbons (Fsp3) is 0.455. The number of carbonyl (C=O) groups is 2. The average Bonchev–Trinajstić information content (AvgIpc) is 3.48. The van der Waals surface area contributed by atoms with Gasteiger partial charge in [0.1, 0.15) is 5.75 Å². The van der Waals surface area contributed by atoms with Crippen LogP contribution >= 0.6 is 0 Å². The van der Waals surface area contributed by atoms with Crippen LogP contribution in [0.5, 0.6) is 5.75 Å². The van der Waals surface area contributed by atoms with Crippen LogP contribution in [-0.4, -0.2) is 29.6 Å². The largest absolute Gasteiger partial charge is 0.507 e. The summed E-state index contributed by atoms with van der Waals surface area (Å²) in [6.07, 6.45) is -6.57. The predicted octanol–water partition coefficient (Wildman–Crippen LogP) is 8.18. The second-order valence-corrected chi connectivity index (χ2v) is 11.9. The van der Waals surface area contributed by atoms with E-state index in [0.717, 1.165) is 23.1 Å². The van der Waals surface area contributed by atoms with Crippen molar-refractivity contribution in [1.82, 2.24) is 0 Å². The lowest BCUT2D eigenvalue weighted by Crippen LogP contribution is -2.35. The minimum absolute atomic E-state index is 0.0221. The van der Waals surface area contributed by atoms with Gasteiger partial charge in [-0.15, -0.1) is 0 Å². The van der Waals surface area contributed by atoms with Crippen molar-refractivity contribution in [2.75, 3.05) is 11.5 Å². The van der Waals surface area contributed by atoms with Crippen molar-refractivity contribution in [2.24, 2.45) is 23.7 Å². The number of phenolic OH excluding ortho intramolecular Hbond substituents is 1. The molecule has 0 unspecified atom stereocenters. The van der Waals surface area contributed by atoms with E-state index in [4.69, 9.17) is 4.74 Å². The van der Waals surface area contributed by atoms with Gasteiger partial charge in [0.25, 0.3) is 0 Å². The number of alkyl halides is 6. The molecule has 44 heavy (non-hydrogen) atoms. The quantitative estimate of drug-likeness (QED) is 0.192. The Balaban J connectivity index is 1.45. The number of anilines is 1. The number of fused-ring (bicyclic) bond motifs is 3. The molecule has 2 heterocycles. The standard InChI is InChI=1S/C33H33F6NO4/c1-4-18(11-19-7-5-6-8-26(19)41)9-10-27-28-23(17(2)3)15-24-29(25(28)16-44-27)31(43)40(30(24)42)22-13-20(32(34,35)36)12-21(14-22)33(37,38)39/h5-8,11-14,17,24-25,27,29,41H,4,9-10,15-16H2,1-3H3/b18-11+/t24-,25+,27-,29-/m1/s1. The second kappa shape index (κ2) is 11.7. The first kappa shape index (κ1) is 31.8. The van der Waals surface area contributed by atoms with E-state index in [1.165, 1.54) is 0 Å². The normalized spacial score (nSPS) is 24.4. The number of para-hydroxylation sites is 1. The Hall–Kier alpha value is -3.60. The van der Waals surface area contributed by atoms with E-state index in [1.54, 1.807) is 12.1 Å². The minimum atomic E-state index is -5.12. The zero-order valence-corrected chi connectivity index (χ0v) is 24.4. The third-order valence-corrected chi connectivity index (χ3v) is 8.95. The molecule has 4 atom stereocenters. The maximum atomic E-state index is 13.8. The summed E-state index contributed by atoms with van der Waals surface area (Å²) in [4.78, 5) is 27.9. The summed E-state index contributed by atoms with van der Waals surface area (Å²) in [5.74, 6) is -3.85. The van der Waals surface area contributed by atoms with Crippen molar-refractivity contribution >= 4 is 23.6 Å². The summed E-state index contributed by atoms with van der Waals surface area (Å²) in [7, 11) is 0. The van der Waals surface area contributed by atoms with E-state index in [2.05, 4.69) is 0 Å². The van der Waals surface area contributed by atoms with Crippen molar-refractivity contribution < 1.29 is 45.8 Å². The molecule has 0 radical (unpaired) electrons. The lowest BCUT2D eigenvalue weighted by molar-refractivity contribution is -0.143. The summed E-state index contributed by atoms with van der Waals surface area (Å²) < 4.78 is 87.6. The Morgan fingerprint density at radius 2 is 1.64 bits per heavy atom. The molecule has 2 fully saturated rings. The van der Waals surface area contributed by atoms with Crippen molar-refractivity contribution in [3.63, 3.8) is 0 Å². The lowest BCUT2D eigenvalue weighted by atomic mass is 9.67. The molecule has 0 spiro atoms. The van der Waals surface area contributed by atoms with E-state index >= 15 is 0 Å². The number of benzene rings is 2. The maximum absolute atomic E-state index is 13.8. The SMILES string of the molecule is CC/C(=C\c1ccccc1O)CC[C@H]1OC[C@H]2C1=C(C(C)C)C[C@H]1C(=O)N(c3cc(C(F)(F)F)cc(C(F)(F)F)c3)C(=O)[C@H]12. The molecule has 2 saturated heterocycles. The first-order chi connectivity index (χ1) is 20.6. The van der Waals surface area contributed by atoms with E-state index < -0.39 is 58.7 Å². The van der Waals surface area contributed by atoms with Crippen LogP contribution in [0.4, 0.5) is 32.0 Å². The molecule has 1 aliphatic carbocycles. The van der Waals surface area contributed by atoms with E-state index in [9.17, 15) is 41.0 Å². The van der Waals surface area contributed by atoms with Crippen LogP contribution in [0.25, 0.3) is 6.08 Å². The third kappa shape index (κ3) is 5.90. The van der Waals surface area contributed by atoms with Gasteiger partial charge in [0.05, 0.1) is 41.4 Å². The fourth-order valence-corrected chi connectivity index (χ4v) is 6.78. The van der Waals surface area contributed by atoms with Crippen molar-refractivity contribution in [1.29, 1.82) is 0 Å². The molecule has 2 aliphatic heterocycles. The van der Waals surface area contributed by atoms with Gasteiger partial charge in [-0.25, -0.2) is 4.90 Å². The molecule has 2 aromatic carbocycles. The summed E-state index contributed by atoms with van der Waals surface area (Å²) in [6, 6.07) is 7.81. The Morgan fingerprint density at radius 1 is 1.00 bits per heavy atom. The van der Waals surface area contributed by atoms with Crippen LogP contribution in [0.1, 0.15) is 63.1 Å². The molecule has 5 nitrogen and oxygen atoms in total. The highest BCUT2D eigenvalue weighted by Crippen LogP contribution is 2.52. The highest BCUT2D eigenvalue weighted by molar-refractivity contribution is 6.22. The fourth-order valence-electron chi connectivity index (χ4n) is 6.78. The Kier molecular flexibility index (Phi) is 8.48. The molecule has 5 rings (SSSR count). The molecule has 236 valence electrons. The minimum Gasteiger partial charge on any atom is -0.507 e. The molecule has 0 aromatic heterocycles. The van der Waals surface area contributed by atoms with Crippen LogP contribution in [-0.2, 0) is 26.7 Å². The van der Waals surface area contributed by atoms with Crippen LogP contribution in [0.15, 0.2) is 59.2 Å². The number of phenols is 1. The zero-order chi connectivity index (χ0) is 32.1. The van der Waals surface area contributed by atoms with Gasteiger partial charge in [0, 0.05) is 11.5 Å². The molecule has 2 aromatic rings. The van der Waals surface area contributed by atoms with Gasteiger partial charge in [0.2, 0.25) is 11.8 Å². The van der Waals surface area contributed by atoms with Gasteiger partial charge in [0.15, 0.2) is 0 Å². The highest BCUT2D eigenvalue weighted by Gasteiger charge is 2.58. The van der Waals surface area contributed by atoms with Gasteiger partial charge in [-0.1, -0.05) is 56.2 Å². The summed E-state index contributed by atoms with van der Waals surface area (Å²) in [5.41, 5.74) is -0.314. The average molecular weight is 622 g/mol. The number of allylic oxidation sites excluding steroid dienone is 2. The molecule has 1 N–H and O–H groups in total. The van der Waals surface area contributed by atoms with Crippen LogP contribution in [0.2, 0.25) is 0 Å². The molecule has 0 saturated carbocycles. The van der Waals surface area contributed by atoms with Crippen molar-refractivity contribution in [3.8, 4) is 5.75 Å². The number of hydrogen-bond donors (Lipinski definition) is 1. The summed E-state index contributed by atoms with van der Waals surface area (Å²) >= 11 is 0. The second-order valence-electron chi connectivity index (χ2n) is 11.9. The number of aromatic hydroxyl groups is 1. The number of carbonyl (C=O) groups excluding carboxylic acids is 2.